The first-order valence-electron chi connectivity index (χ1n) is 8.13. The summed E-state index contributed by atoms with van der Waals surface area (Å²) in [6, 6.07) is 11.2. The van der Waals surface area contributed by atoms with Gasteiger partial charge in [-0.15, -0.1) is 11.3 Å². The second-order valence-corrected chi connectivity index (χ2v) is 6.80. The molecule has 25 heavy (non-hydrogen) atoms. The fourth-order valence-corrected chi connectivity index (χ4v) is 3.38. The molecule has 0 saturated heterocycles. The number of hydrogen-bond donors (Lipinski definition) is 1. The first-order chi connectivity index (χ1) is 12.1. The van der Waals surface area contributed by atoms with E-state index in [9.17, 15) is 4.79 Å². The fraction of sp³-hybridized carbons (Fsp3) is 0.263. The van der Waals surface area contributed by atoms with Gasteiger partial charge in [0.05, 0.1) is 18.9 Å². The third kappa shape index (κ3) is 3.91. The molecule has 1 amide bonds. The maximum Gasteiger partial charge on any atom is 0.271 e. The van der Waals surface area contributed by atoms with E-state index in [2.05, 4.69) is 10.3 Å². The highest BCUT2D eigenvalue weighted by molar-refractivity contribution is 7.15. The quantitative estimate of drug-likeness (QED) is 0.701. The summed E-state index contributed by atoms with van der Waals surface area (Å²) in [6.07, 6.45) is 1.60. The number of thiazole rings is 1. The van der Waals surface area contributed by atoms with Gasteiger partial charge in [0.1, 0.15) is 11.4 Å². The summed E-state index contributed by atoms with van der Waals surface area (Å²) >= 11 is 1.45. The minimum Gasteiger partial charge on any atom is -0.494 e. The molecular weight excluding hydrogens is 336 g/mol. The van der Waals surface area contributed by atoms with E-state index in [0.717, 1.165) is 16.2 Å². The maximum absolute atomic E-state index is 12.6. The molecule has 130 valence electrons. The number of nitrogens with one attached hydrogen (secondary N) is 1. The topological polar surface area (TPSA) is 64.4 Å². The largest absolute Gasteiger partial charge is 0.494 e. The number of rotatable bonds is 6. The summed E-state index contributed by atoms with van der Waals surface area (Å²) in [5, 5.41) is 3.71. The lowest BCUT2D eigenvalue weighted by atomic mass is 10.1. The number of furan rings is 1. The number of carbonyl (C=O) groups excluding carboxylic acids is 1. The molecule has 2 heterocycles. The molecule has 2 aromatic heterocycles. The van der Waals surface area contributed by atoms with E-state index < -0.39 is 0 Å². The van der Waals surface area contributed by atoms with Crippen LogP contribution in [0.5, 0.6) is 5.75 Å². The number of ether oxygens (including phenoxy) is 1. The Labute approximate surface area is 150 Å². The van der Waals surface area contributed by atoms with Gasteiger partial charge in [-0.25, -0.2) is 4.98 Å². The van der Waals surface area contributed by atoms with Crippen molar-refractivity contribution in [2.24, 2.45) is 0 Å². The lowest BCUT2D eigenvalue weighted by Gasteiger charge is -2.15. The third-order valence-corrected chi connectivity index (χ3v) is 4.75. The molecule has 0 aliphatic heterocycles. The average Bonchev–Trinajstić information content (AvgIpc) is 3.24. The third-order valence-electron chi connectivity index (χ3n) is 3.76. The van der Waals surface area contributed by atoms with Crippen LogP contribution < -0.4 is 10.1 Å². The predicted octanol–water partition coefficient (Wildman–Crippen LogP) is 4.60. The van der Waals surface area contributed by atoms with Crippen molar-refractivity contribution in [3.63, 3.8) is 0 Å². The van der Waals surface area contributed by atoms with Crippen molar-refractivity contribution in [1.29, 1.82) is 0 Å². The van der Waals surface area contributed by atoms with Gasteiger partial charge in [-0.1, -0.05) is 12.1 Å². The average molecular weight is 356 g/mol. The highest BCUT2D eigenvalue weighted by Crippen LogP contribution is 2.28. The summed E-state index contributed by atoms with van der Waals surface area (Å²) < 4.78 is 10.9. The van der Waals surface area contributed by atoms with Gasteiger partial charge >= 0.3 is 0 Å². The summed E-state index contributed by atoms with van der Waals surface area (Å²) in [5.41, 5.74) is 1.42. The van der Waals surface area contributed by atoms with Gasteiger partial charge in [-0.3, -0.25) is 4.79 Å². The second-order valence-electron chi connectivity index (χ2n) is 5.60. The van der Waals surface area contributed by atoms with Gasteiger partial charge in [0.2, 0.25) is 0 Å². The molecule has 1 aromatic carbocycles. The summed E-state index contributed by atoms with van der Waals surface area (Å²) in [5.74, 6) is 1.27. The number of benzene rings is 1. The predicted molar refractivity (Wildman–Crippen MR) is 98.0 cm³/mol. The molecule has 0 spiro atoms. The molecule has 0 saturated carbocycles. The molecule has 6 heteroatoms. The SMILES string of the molecule is CCOc1cccc(C(C)NC(=O)c2nc(-c3ccco3)sc2C)c1. The molecule has 0 aliphatic carbocycles. The van der Waals surface area contributed by atoms with Crippen LogP contribution in [-0.2, 0) is 0 Å². The van der Waals surface area contributed by atoms with Gasteiger partial charge in [-0.2, -0.15) is 0 Å². The van der Waals surface area contributed by atoms with Gasteiger partial charge in [-0.05, 0) is 50.6 Å². The van der Waals surface area contributed by atoms with Crippen LogP contribution >= 0.6 is 11.3 Å². The molecule has 3 rings (SSSR count). The fourth-order valence-electron chi connectivity index (χ4n) is 2.50. The van der Waals surface area contributed by atoms with Crippen LogP contribution in [0, 0.1) is 6.92 Å². The Bertz CT molecular complexity index is 855. The Hall–Kier alpha value is -2.60. The summed E-state index contributed by atoms with van der Waals surface area (Å²) in [7, 11) is 0. The Morgan fingerprint density at radius 3 is 2.92 bits per heavy atom. The van der Waals surface area contributed by atoms with Crippen molar-refractivity contribution in [2.45, 2.75) is 26.8 Å². The zero-order chi connectivity index (χ0) is 17.8. The Morgan fingerprint density at radius 1 is 1.36 bits per heavy atom. The Morgan fingerprint density at radius 2 is 2.20 bits per heavy atom. The zero-order valence-corrected chi connectivity index (χ0v) is 15.2. The standard InChI is InChI=1S/C19H20N2O3S/c1-4-23-15-8-5-7-14(11-15)12(2)20-18(22)17-13(3)25-19(21-17)16-9-6-10-24-16/h5-12H,4H2,1-3H3,(H,20,22). The summed E-state index contributed by atoms with van der Waals surface area (Å²) in [6.45, 7) is 6.38. The zero-order valence-electron chi connectivity index (χ0n) is 14.4. The molecule has 1 atom stereocenters. The number of aromatic nitrogens is 1. The monoisotopic (exact) mass is 356 g/mol. The van der Waals surface area contributed by atoms with Crippen molar-refractivity contribution < 1.29 is 13.9 Å². The van der Waals surface area contributed by atoms with Gasteiger partial charge in [0.25, 0.3) is 5.91 Å². The number of aryl methyl sites for hydroxylation is 1. The molecule has 1 N–H and O–H groups in total. The van der Waals surface area contributed by atoms with E-state index in [1.54, 1.807) is 12.3 Å². The Balaban J connectivity index is 1.75. The molecule has 0 aliphatic rings. The minimum atomic E-state index is -0.194. The van der Waals surface area contributed by atoms with Gasteiger partial charge in [0.15, 0.2) is 10.8 Å². The van der Waals surface area contributed by atoms with Crippen LogP contribution in [0.15, 0.2) is 47.1 Å². The van der Waals surface area contributed by atoms with Crippen LogP contribution in [0.3, 0.4) is 0 Å². The van der Waals surface area contributed by atoms with E-state index in [1.165, 1.54) is 11.3 Å². The van der Waals surface area contributed by atoms with Gasteiger partial charge in [0, 0.05) is 4.88 Å². The molecular formula is C19H20N2O3S. The number of amides is 1. The van der Waals surface area contributed by atoms with E-state index in [0.29, 0.717) is 23.1 Å². The van der Waals surface area contributed by atoms with Crippen LogP contribution in [0.4, 0.5) is 0 Å². The molecule has 1 unspecified atom stereocenters. The summed E-state index contributed by atoms with van der Waals surface area (Å²) in [4.78, 5) is 17.9. The second kappa shape index (κ2) is 7.53. The van der Waals surface area contributed by atoms with E-state index in [1.807, 2.05) is 51.1 Å². The lowest BCUT2D eigenvalue weighted by molar-refractivity contribution is 0.0935. The normalized spacial score (nSPS) is 12.0. The highest BCUT2D eigenvalue weighted by atomic mass is 32.1. The van der Waals surface area contributed by atoms with Crippen molar-refractivity contribution in [2.75, 3.05) is 6.61 Å². The lowest BCUT2D eigenvalue weighted by Crippen LogP contribution is -2.27. The van der Waals surface area contributed by atoms with Crippen molar-refractivity contribution >= 4 is 17.2 Å². The number of nitrogens with zero attached hydrogens (tertiary/aromatic N) is 1. The van der Waals surface area contributed by atoms with Gasteiger partial charge < -0.3 is 14.5 Å². The molecule has 5 nitrogen and oxygen atoms in total. The maximum atomic E-state index is 12.6. The first-order valence-corrected chi connectivity index (χ1v) is 8.95. The van der Waals surface area contributed by atoms with Crippen molar-refractivity contribution in [3.05, 3.63) is 58.8 Å². The molecule has 0 fully saturated rings. The number of carbonyl (C=O) groups is 1. The molecule has 0 radical (unpaired) electrons. The molecule has 0 bridgehead atoms. The minimum absolute atomic E-state index is 0.152. The van der Waals surface area contributed by atoms with E-state index in [-0.39, 0.29) is 11.9 Å². The first kappa shape index (κ1) is 17.2. The highest BCUT2D eigenvalue weighted by Gasteiger charge is 2.19. The van der Waals surface area contributed by atoms with E-state index >= 15 is 0 Å². The Kier molecular flexibility index (Phi) is 5.19. The molecule has 3 aromatic rings. The van der Waals surface area contributed by atoms with Crippen molar-refractivity contribution in [3.8, 4) is 16.5 Å². The smallest absolute Gasteiger partial charge is 0.271 e. The van der Waals surface area contributed by atoms with Crippen LogP contribution in [0.2, 0.25) is 0 Å². The van der Waals surface area contributed by atoms with Crippen LogP contribution in [0.1, 0.15) is 40.8 Å². The van der Waals surface area contributed by atoms with Crippen molar-refractivity contribution in [1.82, 2.24) is 10.3 Å². The van der Waals surface area contributed by atoms with Crippen LogP contribution in [-0.4, -0.2) is 17.5 Å². The van der Waals surface area contributed by atoms with E-state index in [4.69, 9.17) is 9.15 Å². The van der Waals surface area contributed by atoms with Crippen LogP contribution in [0.25, 0.3) is 10.8 Å². The number of hydrogen-bond acceptors (Lipinski definition) is 5.